The molecule has 0 bridgehead atoms. The van der Waals surface area contributed by atoms with Gasteiger partial charge in [0.25, 0.3) is 0 Å². The number of hydrogen-bond acceptors (Lipinski definition) is 3. The highest BCUT2D eigenvalue weighted by atomic mass is 16.7. The van der Waals surface area contributed by atoms with Crippen molar-refractivity contribution in [1.82, 2.24) is 5.01 Å². The standard InChI is InChI=1S/C10H10N2O3/c1-2-8-11(12(14)15)10(13)9-6-4-3-5-7-9/h2-7H,1,8H2. The summed E-state index contributed by atoms with van der Waals surface area (Å²) in [6, 6.07) is 8.10. The van der Waals surface area contributed by atoms with Gasteiger partial charge in [-0.05, 0) is 12.1 Å². The fraction of sp³-hybridized carbons (Fsp3) is 0.100. The van der Waals surface area contributed by atoms with Crippen LogP contribution >= 0.6 is 0 Å². The number of carbonyl (C=O) groups excluding carboxylic acids is 1. The highest BCUT2D eigenvalue weighted by Gasteiger charge is 2.23. The lowest BCUT2D eigenvalue weighted by atomic mass is 10.2. The summed E-state index contributed by atoms with van der Waals surface area (Å²) in [5.74, 6) is -0.638. The topological polar surface area (TPSA) is 63.5 Å². The van der Waals surface area contributed by atoms with Crippen LogP contribution in [0.2, 0.25) is 0 Å². The molecule has 1 rings (SSSR count). The summed E-state index contributed by atoms with van der Waals surface area (Å²) in [5, 5.41) is 10.3. The van der Waals surface area contributed by atoms with E-state index < -0.39 is 10.9 Å². The van der Waals surface area contributed by atoms with Gasteiger partial charge in [-0.2, -0.15) is 0 Å². The second kappa shape index (κ2) is 4.90. The minimum atomic E-state index is -0.739. The van der Waals surface area contributed by atoms with Gasteiger partial charge in [-0.3, -0.25) is 4.79 Å². The lowest BCUT2D eigenvalue weighted by Crippen LogP contribution is -2.36. The van der Waals surface area contributed by atoms with Crippen LogP contribution in [0.3, 0.4) is 0 Å². The quantitative estimate of drug-likeness (QED) is 0.426. The van der Waals surface area contributed by atoms with Crippen molar-refractivity contribution < 1.29 is 9.83 Å². The van der Waals surface area contributed by atoms with Crippen molar-refractivity contribution in [2.24, 2.45) is 0 Å². The van der Waals surface area contributed by atoms with Crippen molar-refractivity contribution in [1.29, 1.82) is 0 Å². The third kappa shape index (κ3) is 2.63. The first kappa shape index (κ1) is 10.9. The van der Waals surface area contributed by atoms with Gasteiger partial charge in [-0.25, -0.2) is 10.1 Å². The molecule has 0 aliphatic rings. The zero-order valence-electron chi connectivity index (χ0n) is 8.00. The minimum Gasteiger partial charge on any atom is -0.263 e. The van der Waals surface area contributed by atoms with E-state index in [1.807, 2.05) is 0 Å². The summed E-state index contributed by atoms with van der Waals surface area (Å²) in [4.78, 5) is 22.2. The van der Waals surface area contributed by atoms with Crippen LogP contribution in [-0.4, -0.2) is 22.5 Å². The predicted octanol–water partition coefficient (Wildman–Crippen LogP) is 1.51. The second-order valence-corrected chi connectivity index (χ2v) is 2.78. The molecule has 0 atom stereocenters. The maximum absolute atomic E-state index is 11.6. The van der Waals surface area contributed by atoms with Gasteiger partial charge in [0, 0.05) is 5.56 Å². The molecule has 5 heteroatoms. The molecule has 0 fully saturated rings. The summed E-state index contributed by atoms with van der Waals surface area (Å²) >= 11 is 0. The summed E-state index contributed by atoms with van der Waals surface area (Å²) < 4.78 is 0. The molecule has 78 valence electrons. The molecule has 0 saturated carbocycles. The lowest BCUT2D eigenvalue weighted by Gasteiger charge is -2.09. The number of carbonyl (C=O) groups is 1. The van der Waals surface area contributed by atoms with Crippen LogP contribution in [0.5, 0.6) is 0 Å². The van der Waals surface area contributed by atoms with Crippen LogP contribution in [0.25, 0.3) is 0 Å². The fourth-order valence-corrected chi connectivity index (χ4v) is 1.08. The van der Waals surface area contributed by atoms with Gasteiger partial charge in [-0.15, -0.1) is 6.58 Å². The molecule has 0 aromatic heterocycles. The highest BCUT2D eigenvalue weighted by molar-refractivity contribution is 5.93. The number of nitrogens with zero attached hydrogens (tertiary/aromatic N) is 2. The number of benzene rings is 1. The third-order valence-electron chi connectivity index (χ3n) is 1.75. The number of hydrogen-bond donors (Lipinski definition) is 0. The molecular formula is C10H10N2O3. The predicted molar refractivity (Wildman–Crippen MR) is 54.7 cm³/mol. The lowest BCUT2D eigenvalue weighted by molar-refractivity contribution is -0.629. The van der Waals surface area contributed by atoms with E-state index in [1.54, 1.807) is 18.2 Å². The van der Waals surface area contributed by atoms with Crippen LogP contribution in [0, 0.1) is 10.1 Å². The Kier molecular flexibility index (Phi) is 3.56. The van der Waals surface area contributed by atoms with Crippen molar-refractivity contribution in [3.8, 4) is 0 Å². The summed E-state index contributed by atoms with van der Waals surface area (Å²) in [7, 11) is 0. The molecule has 0 N–H and O–H groups in total. The van der Waals surface area contributed by atoms with Crippen LogP contribution < -0.4 is 0 Å². The van der Waals surface area contributed by atoms with Crippen molar-refractivity contribution >= 4 is 5.91 Å². The van der Waals surface area contributed by atoms with Crippen molar-refractivity contribution in [3.05, 3.63) is 58.7 Å². The molecule has 0 aliphatic carbocycles. The zero-order chi connectivity index (χ0) is 11.3. The van der Waals surface area contributed by atoms with Gasteiger partial charge in [0.15, 0.2) is 5.03 Å². The Balaban J connectivity index is 2.91. The molecular weight excluding hydrogens is 196 g/mol. The Morgan fingerprint density at radius 3 is 2.53 bits per heavy atom. The fourth-order valence-electron chi connectivity index (χ4n) is 1.08. The van der Waals surface area contributed by atoms with E-state index >= 15 is 0 Å². The number of rotatable bonds is 4. The number of nitro groups is 1. The molecule has 1 aromatic carbocycles. The van der Waals surface area contributed by atoms with Gasteiger partial charge >= 0.3 is 5.91 Å². The Hall–Kier alpha value is -2.17. The van der Waals surface area contributed by atoms with E-state index in [4.69, 9.17) is 0 Å². The normalized spacial score (nSPS) is 9.33. The molecule has 5 nitrogen and oxygen atoms in total. The molecule has 0 saturated heterocycles. The molecule has 0 spiro atoms. The summed E-state index contributed by atoms with van der Waals surface area (Å²) in [5.41, 5.74) is 0.288. The van der Waals surface area contributed by atoms with Crippen LogP contribution in [0.15, 0.2) is 43.0 Å². The first-order chi connectivity index (χ1) is 7.16. The van der Waals surface area contributed by atoms with Gasteiger partial charge < -0.3 is 0 Å². The van der Waals surface area contributed by atoms with E-state index in [0.717, 1.165) is 0 Å². The Morgan fingerprint density at radius 2 is 2.07 bits per heavy atom. The third-order valence-corrected chi connectivity index (χ3v) is 1.75. The average molecular weight is 206 g/mol. The van der Waals surface area contributed by atoms with Crippen molar-refractivity contribution in [2.75, 3.05) is 6.54 Å². The van der Waals surface area contributed by atoms with Gasteiger partial charge in [-0.1, -0.05) is 29.3 Å². The SMILES string of the molecule is C=CCN(C(=O)c1ccccc1)[N+](=O)[O-]. The number of amides is 1. The Labute approximate surface area is 86.7 Å². The highest BCUT2D eigenvalue weighted by Crippen LogP contribution is 2.04. The molecule has 0 radical (unpaired) electrons. The molecule has 0 heterocycles. The maximum atomic E-state index is 11.6. The van der Waals surface area contributed by atoms with E-state index in [9.17, 15) is 14.9 Å². The van der Waals surface area contributed by atoms with Crippen LogP contribution in [0.4, 0.5) is 0 Å². The molecule has 1 aromatic rings. The smallest absolute Gasteiger partial charge is 0.263 e. The van der Waals surface area contributed by atoms with E-state index in [1.165, 1.54) is 18.2 Å². The van der Waals surface area contributed by atoms with Gasteiger partial charge in [0.2, 0.25) is 0 Å². The van der Waals surface area contributed by atoms with E-state index in [2.05, 4.69) is 6.58 Å². The first-order valence-corrected chi connectivity index (χ1v) is 4.29. The monoisotopic (exact) mass is 206 g/mol. The van der Waals surface area contributed by atoms with Gasteiger partial charge in [0.1, 0.15) is 6.54 Å². The van der Waals surface area contributed by atoms with Crippen molar-refractivity contribution in [3.63, 3.8) is 0 Å². The van der Waals surface area contributed by atoms with E-state index in [-0.39, 0.29) is 12.1 Å². The summed E-state index contributed by atoms with van der Waals surface area (Å²) in [6.45, 7) is 3.25. The average Bonchev–Trinajstić information content (AvgIpc) is 2.26. The largest absolute Gasteiger partial charge is 0.314 e. The first-order valence-electron chi connectivity index (χ1n) is 4.29. The summed E-state index contributed by atoms with van der Waals surface area (Å²) in [6.07, 6.45) is 1.31. The molecule has 0 unspecified atom stereocenters. The minimum absolute atomic E-state index is 0.110. The number of hydrazine groups is 1. The Morgan fingerprint density at radius 1 is 1.47 bits per heavy atom. The van der Waals surface area contributed by atoms with Crippen LogP contribution in [0.1, 0.15) is 10.4 Å². The molecule has 0 aliphatic heterocycles. The van der Waals surface area contributed by atoms with Crippen molar-refractivity contribution in [2.45, 2.75) is 0 Å². The van der Waals surface area contributed by atoms with E-state index in [0.29, 0.717) is 5.01 Å². The molecule has 15 heavy (non-hydrogen) atoms. The Bertz CT molecular complexity index is 376. The van der Waals surface area contributed by atoms with Gasteiger partial charge in [0.05, 0.1) is 0 Å². The molecule has 1 amide bonds. The second-order valence-electron chi connectivity index (χ2n) is 2.78. The maximum Gasteiger partial charge on any atom is 0.314 e. The van der Waals surface area contributed by atoms with Crippen LogP contribution in [-0.2, 0) is 0 Å². The zero-order valence-corrected chi connectivity index (χ0v) is 8.00.